The standard InChI is InChI=1S/C21H30N4OS/c1-3-16-7-5-8-17(4-2)20(16)24-21(22)23-15-18(19-9-6-14-27-19)25-10-12-26-13-11-25/h5-9,14,18H,3-4,10-13,15H2,1-2H3,(H3,22,23,24). The van der Waals surface area contributed by atoms with Crippen LogP contribution in [0.5, 0.6) is 0 Å². The van der Waals surface area contributed by atoms with Gasteiger partial charge in [-0.3, -0.25) is 9.89 Å². The SMILES string of the molecule is CCc1cccc(CC)c1NC(N)=NCC(c1cccs1)N1CCOCC1. The van der Waals surface area contributed by atoms with Gasteiger partial charge in [-0.1, -0.05) is 38.1 Å². The highest BCUT2D eigenvalue weighted by molar-refractivity contribution is 7.10. The molecule has 3 N–H and O–H groups in total. The molecule has 1 aromatic carbocycles. The van der Waals surface area contributed by atoms with E-state index < -0.39 is 0 Å². The molecule has 6 heteroatoms. The van der Waals surface area contributed by atoms with Crippen LogP contribution in [-0.4, -0.2) is 43.7 Å². The predicted molar refractivity (Wildman–Crippen MR) is 115 cm³/mol. The molecule has 1 saturated heterocycles. The number of nitrogens with zero attached hydrogens (tertiary/aromatic N) is 2. The van der Waals surface area contributed by atoms with Crippen LogP contribution in [0.2, 0.25) is 0 Å². The van der Waals surface area contributed by atoms with Crippen molar-refractivity contribution in [3.05, 3.63) is 51.7 Å². The number of aryl methyl sites for hydroxylation is 2. The number of hydrogen-bond acceptors (Lipinski definition) is 4. The van der Waals surface area contributed by atoms with Crippen LogP contribution in [0.4, 0.5) is 5.69 Å². The lowest BCUT2D eigenvalue weighted by molar-refractivity contribution is 0.0187. The van der Waals surface area contributed by atoms with E-state index in [0.717, 1.165) is 44.8 Å². The van der Waals surface area contributed by atoms with Gasteiger partial charge in [0.2, 0.25) is 0 Å². The maximum absolute atomic E-state index is 6.28. The molecule has 1 aromatic heterocycles. The van der Waals surface area contributed by atoms with Crippen LogP contribution in [0.25, 0.3) is 0 Å². The van der Waals surface area contributed by atoms with Crippen LogP contribution in [-0.2, 0) is 17.6 Å². The molecule has 146 valence electrons. The van der Waals surface area contributed by atoms with E-state index in [1.807, 2.05) is 0 Å². The number of ether oxygens (including phenoxy) is 1. The summed E-state index contributed by atoms with van der Waals surface area (Å²) in [6.45, 7) is 8.41. The quantitative estimate of drug-likeness (QED) is 0.563. The molecule has 1 unspecified atom stereocenters. The van der Waals surface area contributed by atoms with Crippen molar-refractivity contribution in [3.63, 3.8) is 0 Å². The van der Waals surface area contributed by atoms with E-state index in [-0.39, 0.29) is 6.04 Å². The van der Waals surface area contributed by atoms with Crippen molar-refractivity contribution in [1.29, 1.82) is 0 Å². The van der Waals surface area contributed by atoms with Crippen molar-refractivity contribution in [1.82, 2.24) is 4.90 Å². The predicted octanol–water partition coefficient (Wildman–Crippen LogP) is 3.67. The minimum atomic E-state index is 0.251. The molecule has 1 aliphatic heterocycles. The van der Waals surface area contributed by atoms with Crippen LogP contribution in [0, 0.1) is 0 Å². The van der Waals surface area contributed by atoms with Crippen molar-refractivity contribution in [2.24, 2.45) is 10.7 Å². The molecule has 1 atom stereocenters. The van der Waals surface area contributed by atoms with E-state index in [0.29, 0.717) is 12.5 Å². The minimum absolute atomic E-state index is 0.251. The third-order valence-corrected chi connectivity index (χ3v) is 6.02. The largest absolute Gasteiger partial charge is 0.379 e. The van der Waals surface area contributed by atoms with E-state index in [4.69, 9.17) is 15.5 Å². The average Bonchev–Trinajstić information content (AvgIpc) is 3.23. The highest BCUT2D eigenvalue weighted by Crippen LogP contribution is 2.27. The maximum atomic E-state index is 6.28. The first-order valence-electron chi connectivity index (χ1n) is 9.75. The molecule has 1 aliphatic rings. The summed E-state index contributed by atoms with van der Waals surface area (Å²) >= 11 is 1.78. The van der Waals surface area contributed by atoms with Gasteiger partial charge < -0.3 is 15.8 Å². The highest BCUT2D eigenvalue weighted by Gasteiger charge is 2.23. The molecule has 0 bridgehead atoms. The van der Waals surface area contributed by atoms with Gasteiger partial charge in [0.15, 0.2) is 5.96 Å². The van der Waals surface area contributed by atoms with E-state index in [1.165, 1.54) is 16.0 Å². The van der Waals surface area contributed by atoms with Gasteiger partial charge in [-0.05, 0) is 35.4 Å². The fourth-order valence-corrected chi connectivity index (χ4v) is 4.36. The van der Waals surface area contributed by atoms with Crippen molar-refractivity contribution < 1.29 is 4.74 Å². The maximum Gasteiger partial charge on any atom is 0.193 e. The Hall–Kier alpha value is -1.89. The first-order valence-corrected chi connectivity index (χ1v) is 10.6. The zero-order chi connectivity index (χ0) is 19.1. The molecule has 0 radical (unpaired) electrons. The van der Waals surface area contributed by atoms with Gasteiger partial charge in [0.25, 0.3) is 0 Å². The van der Waals surface area contributed by atoms with Crippen molar-refractivity contribution in [2.45, 2.75) is 32.7 Å². The lowest BCUT2D eigenvalue weighted by atomic mass is 10.0. The first kappa shape index (κ1) is 19.9. The summed E-state index contributed by atoms with van der Waals surface area (Å²) in [5.74, 6) is 0.486. The number of guanidine groups is 1. The van der Waals surface area contributed by atoms with Gasteiger partial charge in [0, 0.05) is 23.7 Å². The third kappa shape index (κ3) is 5.09. The Labute approximate surface area is 166 Å². The Morgan fingerprint density at radius 3 is 2.48 bits per heavy atom. The summed E-state index contributed by atoms with van der Waals surface area (Å²) in [5.41, 5.74) is 9.94. The average molecular weight is 387 g/mol. The smallest absolute Gasteiger partial charge is 0.193 e. The normalized spacial score (nSPS) is 17.0. The van der Waals surface area contributed by atoms with Gasteiger partial charge in [-0.25, -0.2) is 0 Å². The van der Waals surface area contributed by atoms with Crippen LogP contribution >= 0.6 is 11.3 Å². The number of morpholine rings is 1. The number of aliphatic imine (C=N–C) groups is 1. The van der Waals surface area contributed by atoms with Crippen LogP contribution in [0.1, 0.15) is 35.9 Å². The lowest BCUT2D eigenvalue weighted by Crippen LogP contribution is -2.40. The summed E-state index contributed by atoms with van der Waals surface area (Å²) in [6, 6.07) is 11.0. The van der Waals surface area contributed by atoms with Gasteiger partial charge in [-0.2, -0.15) is 0 Å². The van der Waals surface area contributed by atoms with Gasteiger partial charge in [0.05, 0.1) is 25.8 Å². The Kier molecular flexibility index (Phi) is 7.26. The van der Waals surface area contributed by atoms with Crippen LogP contribution in [0.3, 0.4) is 0 Å². The first-order chi connectivity index (χ1) is 13.2. The summed E-state index contributed by atoms with van der Waals surface area (Å²) in [5, 5.41) is 5.50. The number of thiophene rings is 1. The molecule has 2 heterocycles. The minimum Gasteiger partial charge on any atom is -0.379 e. The molecule has 1 fully saturated rings. The zero-order valence-corrected chi connectivity index (χ0v) is 17.1. The van der Waals surface area contributed by atoms with E-state index in [2.05, 4.69) is 59.8 Å². The number of para-hydroxylation sites is 1. The van der Waals surface area contributed by atoms with Gasteiger partial charge in [0.1, 0.15) is 0 Å². The Morgan fingerprint density at radius 2 is 1.89 bits per heavy atom. The summed E-state index contributed by atoms with van der Waals surface area (Å²) in [7, 11) is 0. The second-order valence-corrected chi connectivity index (χ2v) is 7.67. The molecule has 5 nitrogen and oxygen atoms in total. The number of nitrogens with one attached hydrogen (secondary N) is 1. The fourth-order valence-electron chi connectivity index (χ4n) is 3.51. The topological polar surface area (TPSA) is 62.9 Å². The summed E-state index contributed by atoms with van der Waals surface area (Å²) in [4.78, 5) is 8.49. The van der Waals surface area contributed by atoms with Crippen molar-refractivity contribution in [3.8, 4) is 0 Å². The van der Waals surface area contributed by atoms with Gasteiger partial charge in [-0.15, -0.1) is 11.3 Å². The van der Waals surface area contributed by atoms with Crippen molar-refractivity contribution >= 4 is 23.0 Å². The van der Waals surface area contributed by atoms with Crippen molar-refractivity contribution in [2.75, 3.05) is 38.2 Å². The molecule has 0 spiro atoms. The Morgan fingerprint density at radius 1 is 1.19 bits per heavy atom. The number of rotatable bonds is 7. The fraction of sp³-hybridized carbons (Fsp3) is 0.476. The summed E-state index contributed by atoms with van der Waals surface area (Å²) < 4.78 is 5.51. The second-order valence-electron chi connectivity index (χ2n) is 6.69. The highest BCUT2D eigenvalue weighted by atomic mass is 32.1. The molecule has 2 aromatic rings. The van der Waals surface area contributed by atoms with Crippen LogP contribution in [0.15, 0.2) is 40.7 Å². The molecule has 0 aliphatic carbocycles. The molecular weight excluding hydrogens is 356 g/mol. The van der Waals surface area contributed by atoms with E-state index in [1.54, 1.807) is 11.3 Å². The van der Waals surface area contributed by atoms with Crippen LogP contribution < -0.4 is 11.1 Å². The number of nitrogens with two attached hydrogens (primary N) is 1. The molecular formula is C21H30N4OS. The summed E-state index contributed by atoms with van der Waals surface area (Å²) in [6.07, 6.45) is 1.93. The van der Waals surface area contributed by atoms with Gasteiger partial charge >= 0.3 is 0 Å². The molecule has 3 rings (SSSR count). The lowest BCUT2D eigenvalue weighted by Gasteiger charge is -2.33. The number of anilines is 1. The number of hydrogen-bond donors (Lipinski definition) is 2. The monoisotopic (exact) mass is 386 g/mol. The zero-order valence-electron chi connectivity index (χ0n) is 16.3. The second kappa shape index (κ2) is 9.88. The molecule has 0 amide bonds. The van der Waals surface area contributed by atoms with E-state index in [9.17, 15) is 0 Å². The number of benzene rings is 1. The molecule has 0 saturated carbocycles. The Balaban J connectivity index is 1.75. The Bertz CT molecular complexity index is 716. The third-order valence-electron chi connectivity index (χ3n) is 5.04. The molecule has 27 heavy (non-hydrogen) atoms. The van der Waals surface area contributed by atoms with E-state index >= 15 is 0 Å².